The number of amides is 2. The summed E-state index contributed by atoms with van der Waals surface area (Å²) in [5, 5.41) is 6.24. The lowest BCUT2D eigenvalue weighted by atomic mass is 9.91. The molecule has 7 heteroatoms. The van der Waals surface area contributed by atoms with Crippen molar-refractivity contribution < 1.29 is 14.3 Å². The number of morpholine rings is 1. The summed E-state index contributed by atoms with van der Waals surface area (Å²) >= 11 is 6.08. The van der Waals surface area contributed by atoms with Crippen molar-refractivity contribution in [1.82, 2.24) is 15.5 Å². The third-order valence-electron chi connectivity index (χ3n) is 4.35. The molecule has 1 aliphatic rings. The van der Waals surface area contributed by atoms with Gasteiger partial charge in [-0.2, -0.15) is 0 Å². The maximum Gasteiger partial charge on any atom is 0.235 e. The van der Waals surface area contributed by atoms with E-state index in [2.05, 4.69) is 15.5 Å². The summed E-state index contributed by atoms with van der Waals surface area (Å²) in [6.45, 7) is 8.01. The maximum atomic E-state index is 12.4. The van der Waals surface area contributed by atoms with Gasteiger partial charge in [-0.3, -0.25) is 14.5 Å². The molecule has 1 fully saturated rings. The van der Waals surface area contributed by atoms with Crippen LogP contribution in [0.15, 0.2) is 24.3 Å². The van der Waals surface area contributed by atoms with Gasteiger partial charge in [0.25, 0.3) is 0 Å². The first-order chi connectivity index (χ1) is 11.9. The molecule has 6 nitrogen and oxygen atoms in total. The van der Waals surface area contributed by atoms with Crippen molar-refractivity contribution in [2.75, 3.05) is 39.4 Å². The van der Waals surface area contributed by atoms with Crippen molar-refractivity contribution in [3.8, 4) is 0 Å². The Bertz CT molecular complexity index is 601. The van der Waals surface area contributed by atoms with Crippen LogP contribution in [0.1, 0.15) is 19.4 Å². The Hall–Kier alpha value is -1.63. The number of nitrogens with one attached hydrogen (secondary N) is 2. The molecule has 25 heavy (non-hydrogen) atoms. The Kier molecular flexibility index (Phi) is 7.23. The van der Waals surface area contributed by atoms with E-state index in [9.17, 15) is 9.59 Å². The normalized spacial score (nSPS) is 15.6. The summed E-state index contributed by atoms with van der Waals surface area (Å²) in [4.78, 5) is 27.0. The average molecular weight is 368 g/mol. The molecule has 1 aromatic rings. The highest BCUT2D eigenvalue weighted by molar-refractivity contribution is 6.31. The number of hydrogen-bond donors (Lipinski definition) is 2. The first-order valence-corrected chi connectivity index (χ1v) is 8.89. The molecule has 0 spiro atoms. The predicted octanol–water partition coefficient (Wildman–Crippen LogP) is 1.43. The first-order valence-electron chi connectivity index (χ1n) is 8.51. The highest BCUT2D eigenvalue weighted by Crippen LogP contribution is 2.18. The summed E-state index contributed by atoms with van der Waals surface area (Å²) in [6, 6.07) is 7.31. The second-order valence-electron chi connectivity index (χ2n) is 6.61. The van der Waals surface area contributed by atoms with E-state index in [1.165, 1.54) is 0 Å². The molecule has 0 aliphatic carbocycles. The Morgan fingerprint density at radius 3 is 2.48 bits per heavy atom. The molecule has 2 amide bonds. The molecule has 138 valence electrons. The van der Waals surface area contributed by atoms with Crippen LogP contribution in [0.4, 0.5) is 0 Å². The van der Waals surface area contributed by atoms with Crippen molar-refractivity contribution in [2.24, 2.45) is 5.41 Å². The summed E-state index contributed by atoms with van der Waals surface area (Å²) in [5.41, 5.74) is -0.326. The van der Waals surface area contributed by atoms with E-state index < -0.39 is 5.41 Å². The van der Waals surface area contributed by atoms with Gasteiger partial charge in [-0.15, -0.1) is 0 Å². The number of nitrogens with zero attached hydrogens (tertiary/aromatic N) is 1. The largest absolute Gasteiger partial charge is 0.379 e. The van der Waals surface area contributed by atoms with Gasteiger partial charge in [-0.25, -0.2) is 0 Å². The van der Waals surface area contributed by atoms with E-state index in [1.807, 2.05) is 18.2 Å². The van der Waals surface area contributed by atoms with Gasteiger partial charge in [0.15, 0.2) is 0 Å². The SMILES string of the molecule is CC(C)(C(=O)NCCN1CCOCC1)C(=O)NCc1ccccc1Cl. The molecule has 0 atom stereocenters. The monoisotopic (exact) mass is 367 g/mol. The van der Waals surface area contributed by atoms with Crippen LogP contribution in [0, 0.1) is 5.41 Å². The lowest BCUT2D eigenvalue weighted by molar-refractivity contribution is -0.141. The lowest BCUT2D eigenvalue weighted by Crippen LogP contribution is -2.49. The van der Waals surface area contributed by atoms with Crippen LogP contribution in [0.3, 0.4) is 0 Å². The fraction of sp³-hybridized carbons (Fsp3) is 0.556. The van der Waals surface area contributed by atoms with Gasteiger partial charge >= 0.3 is 0 Å². The number of benzene rings is 1. The Balaban J connectivity index is 1.78. The van der Waals surface area contributed by atoms with Gasteiger partial charge in [-0.1, -0.05) is 29.8 Å². The third-order valence-corrected chi connectivity index (χ3v) is 4.72. The van der Waals surface area contributed by atoms with Crippen LogP contribution in [0.2, 0.25) is 5.02 Å². The summed E-state index contributed by atoms with van der Waals surface area (Å²) in [6.07, 6.45) is 0. The molecule has 0 bridgehead atoms. The predicted molar refractivity (Wildman–Crippen MR) is 97.3 cm³/mol. The fourth-order valence-electron chi connectivity index (χ4n) is 2.51. The van der Waals surface area contributed by atoms with Crippen molar-refractivity contribution >= 4 is 23.4 Å². The van der Waals surface area contributed by atoms with Crippen molar-refractivity contribution in [2.45, 2.75) is 20.4 Å². The second-order valence-corrected chi connectivity index (χ2v) is 7.02. The van der Waals surface area contributed by atoms with Crippen LogP contribution >= 0.6 is 11.6 Å². The zero-order valence-electron chi connectivity index (χ0n) is 14.8. The number of hydrogen-bond acceptors (Lipinski definition) is 4. The van der Waals surface area contributed by atoms with Crippen LogP contribution in [0.5, 0.6) is 0 Å². The number of carbonyl (C=O) groups is 2. The summed E-state index contributed by atoms with van der Waals surface area (Å²) < 4.78 is 5.29. The van der Waals surface area contributed by atoms with Crippen LogP contribution in [-0.2, 0) is 20.9 Å². The molecule has 0 aromatic heterocycles. The molecule has 1 aliphatic heterocycles. The lowest BCUT2D eigenvalue weighted by Gasteiger charge is -2.27. The number of rotatable bonds is 7. The molecule has 0 radical (unpaired) electrons. The topological polar surface area (TPSA) is 70.7 Å². The zero-order chi connectivity index (χ0) is 18.3. The Labute approximate surface area is 153 Å². The molecule has 1 aromatic carbocycles. The van der Waals surface area contributed by atoms with E-state index in [4.69, 9.17) is 16.3 Å². The summed E-state index contributed by atoms with van der Waals surface area (Å²) in [5.74, 6) is -0.603. The fourth-order valence-corrected chi connectivity index (χ4v) is 2.72. The van der Waals surface area contributed by atoms with Gasteiger partial charge < -0.3 is 15.4 Å². The molecule has 1 heterocycles. The maximum absolute atomic E-state index is 12.4. The second kappa shape index (κ2) is 9.17. The highest BCUT2D eigenvalue weighted by atomic mass is 35.5. The molecule has 2 N–H and O–H groups in total. The minimum Gasteiger partial charge on any atom is -0.379 e. The van der Waals surface area contributed by atoms with Crippen LogP contribution in [-0.4, -0.2) is 56.1 Å². The molecule has 0 saturated carbocycles. The van der Waals surface area contributed by atoms with E-state index in [-0.39, 0.29) is 11.8 Å². The highest BCUT2D eigenvalue weighted by Gasteiger charge is 2.35. The molecular weight excluding hydrogens is 342 g/mol. The van der Waals surface area contributed by atoms with Gasteiger partial charge in [0.05, 0.1) is 13.2 Å². The van der Waals surface area contributed by atoms with E-state index in [1.54, 1.807) is 19.9 Å². The van der Waals surface area contributed by atoms with Gasteiger partial charge in [0.1, 0.15) is 5.41 Å². The standard InChI is InChI=1S/C18H26ClN3O3/c1-18(2,16(23)20-7-8-22-9-11-25-12-10-22)17(24)21-13-14-5-3-4-6-15(14)19/h3-6H,7-13H2,1-2H3,(H,20,23)(H,21,24). The van der Waals surface area contributed by atoms with Crippen molar-refractivity contribution in [1.29, 1.82) is 0 Å². The minimum atomic E-state index is -1.15. The third kappa shape index (κ3) is 5.70. The van der Waals surface area contributed by atoms with E-state index >= 15 is 0 Å². The molecule has 1 saturated heterocycles. The van der Waals surface area contributed by atoms with Gasteiger partial charge in [0.2, 0.25) is 11.8 Å². The van der Waals surface area contributed by atoms with E-state index in [0.717, 1.165) is 38.4 Å². The minimum absolute atomic E-state index is 0.280. The van der Waals surface area contributed by atoms with Gasteiger partial charge in [-0.05, 0) is 25.5 Å². The van der Waals surface area contributed by atoms with Crippen molar-refractivity contribution in [3.63, 3.8) is 0 Å². The molecule has 0 unspecified atom stereocenters. The molecule has 2 rings (SSSR count). The first kappa shape index (κ1) is 19.7. The van der Waals surface area contributed by atoms with Crippen LogP contribution < -0.4 is 10.6 Å². The molecular formula is C18H26ClN3O3. The Morgan fingerprint density at radius 2 is 1.80 bits per heavy atom. The number of carbonyl (C=O) groups excluding carboxylic acids is 2. The number of ether oxygens (including phenoxy) is 1. The smallest absolute Gasteiger partial charge is 0.235 e. The quantitative estimate of drug-likeness (QED) is 0.715. The zero-order valence-corrected chi connectivity index (χ0v) is 15.6. The summed E-state index contributed by atoms with van der Waals surface area (Å²) in [7, 11) is 0. The van der Waals surface area contributed by atoms with Crippen molar-refractivity contribution in [3.05, 3.63) is 34.9 Å². The average Bonchev–Trinajstić information content (AvgIpc) is 2.61. The van der Waals surface area contributed by atoms with Crippen LogP contribution in [0.25, 0.3) is 0 Å². The van der Waals surface area contributed by atoms with E-state index in [0.29, 0.717) is 18.1 Å². The number of halogens is 1. The van der Waals surface area contributed by atoms with Gasteiger partial charge in [0, 0.05) is 37.7 Å². The Morgan fingerprint density at radius 1 is 1.16 bits per heavy atom.